The number of aromatic nitrogens is 1. The predicted octanol–water partition coefficient (Wildman–Crippen LogP) is 1.72. The Morgan fingerprint density at radius 2 is 2.12 bits per heavy atom. The smallest absolute Gasteiger partial charge is 0.260 e. The Bertz CT molecular complexity index is 626. The van der Waals surface area contributed by atoms with E-state index in [1.54, 1.807) is 7.11 Å². The van der Waals surface area contributed by atoms with Crippen molar-refractivity contribution in [1.82, 2.24) is 9.88 Å². The normalized spacial score (nSPS) is 24.9. The van der Waals surface area contributed by atoms with Gasteiger partial charge in [0.2, 0.25) is 0 Å². The fourth-order valence-corrected chi connectivity index (χ4v) is 4.10. The van der Waals surface area contributed by atoms with Crippen molar-refractivity contribution in [3.63, 3.8) is 0 Å². The van der Waals surface area contributed by atoms with Crippen molar-refractivity contribution in [3.8, 4) is 5.75 Å². The van der Waals surface area contributed by atoms with Gasteiger partial charge in [-0.05, 0) is 38.3 Å². The summed E-state index contributed by atoms with van der Waals surface area (Å²) >= 11 is 0. The molecule has 1 saturated heterocycles. The highest BCUT2D eigenvalue weighted by Crippen LogP contribution is 2.50. The van der Waals surface area contributed by atoms with Gasteiger partial charge in [0.25, 0.3) is 5.91 Å². The summed E-state index contributed by atoms with van der Waals surface area (Å²) in [6.45, 7) is 5.29. The third-order valence-electron chi connectivity index (χ3n) is 5.83. The summed E-state index contributed by atoms with van der Waals surface area (Å²) < 4.78 is 11.2. The van der Waals surface area contributed by atoms with Gasteiger partial charge >= 0.3 is 0 Å². The van der Waals surface area contributed by atoms with Gasteiger partial charge in [-0.25, -0.2) is 0 Å². The van der Waals surface area contributed by atoms with Gasteiger partial charge in [0.15, 0.2) is 6.61 Å². The number of aryl methyl sites for hydroxylation is 2. The van der Waals surface area contributed by atoms with Crippen LogP contribution in [0.3, 0.4) is 0 Å². The molecule has 1 aromatic rings. The van der Waals surface area contributed by atoms with Crippen molar-refractivity contribution in [3.05, 3.63) is 23.5 Å². The Morgan fingerprint density at radius 1 is 1.40 bits per heavy atom. The molecule has 1 saturated carbocycles. The molecule has 0 unspecified atom stereocenters. The summed E-state index contributed by atoms with van der Waals surface area (Å²) in [7, 11) is 1.70. The molecule has 1 amide bonds. The number of nitrogens with zero attached hydrogens (tertiary/aromatic N) is 2. The molecule has 1 aliphatic heterocycles. The summed E-state index contributed by atoms with van der Waals surface area (Å²) in [5.41, 5.74) is 1.66. The quantitative estimate of drug-likeness (QED) is 0.877. The van der Waals surface area contributed by atoms with Crippen LogP contribution in [-0.2, 0) is 16.0 Å². The summed E-state index contributed by atoms with van der Waals surface area (Å²) in [5.74, 6) is 0.670. The van der Waals surface area contributed by atoms with Gasteiger partial charge in [0.1, 0.15) is 5.75 Å². The van der Waals surface area contributed by atoms with Gasteiger partial charge < -0.3 is 19.5 Å². The number of likely N-dealkylation sites (tertiary alicyclic amines) is 1. The highest BCUT2D eigenvalue weighted by molar-refractivity contribution is 5.78. The van der Waals surface area contributed by atoms with E-state index in [0.717, 1.165) is 30.7 Å². The lowest BCUT2D eigenvalue weighted by Gasteiger charge is -2.56. The Labute approximate surface area is 149 Å². The zero-order chi connectivity index (χ0) is 18.0. The van der Waals surface area contributed by atoms with E-state index in [0.29, 0.717) is 25.3 Å². The molecule has 6 heteroatoms. The zero-order valence-corrected chi connectivity index (χ0v) is 15.3. The highest BCUT2D eigenvalue weighted by Gasteiger charge is 2.56. The van der Waals surface area contributed by atoms with Crippen molar-refractivity contribution in [2.75, 3.05) is 26.8 Å². The van der Waals surface area contributed by atoms with Crippen LogP contribution in [0.15, 0.2) is 12.1 Å². The van der Waals surface area contributed by atoms with Crippen molar-refractivity contribution in [2.45, 2.75) is 51.7 Å². The number of hydrogen-bond acceptors (Lipinski definition) is 5. The number of aliphatic hydroxyl groups is 1. The molecule has 1 N–H and O–H groups in total. The third kappa shape index (κ3) is 3.37. The minimum absolute atomic E-state index is 0.0136. The number of carbonyl (C=O) groups is 1. The summed E-state index contributed by atoms with van der Waals surface area (Å²) in [6.07, 6.45) is 2.84. The van der Waals surface area contributed by atoms with E-state index >= 15 is 0 Å². The molecule has 138 valence electrons. The molecule has 0 radical (unpaired) electrons. The van der Waals surface area contributed by atoms with Crippen LogP contribution in [0, 0.1) is 12.3 Å². The maximum atomic E-state index is 12.5. The van der Waals surface area contributed by atoms with Gasteiger partial charge in [-0.15, -0.1) is 0 Å². The Morgan fingerprint density at radius 3 is 2.72 bits per heavy atom. The first-order valence-electron chi connectivity index (χ1n) is 9.08. The molecule has 2 aliphatic rings. The second-order valence-corrected chi connectivity index (χ2v) is 7.13. The van der Waals surface area contributed by atoms with Crippen LogP contribution in [-0.4, -0.2) is 59.9 Å². The molecule has 1 aliphatic carbocycles. The Hall–Kier alpha value is -1.66. The summed E-state index contributed by atoms with van der Waals surface area (Å²) in [5, 5.41) is 10.2. The first-order chi connectivity index (χ1) is 12.0. The van der Waals surface area contributed by atoms with Crippen molar-refractivity contribution < 1.29 is 19.4 Å². The summed E-state index contributed by atoms with van der Waals surface area (Å²) in [4.78, 5) is 18.8. The molecular formula is C19H28N2O4. The molecule has 1 spiro atoms. The van der Waals surface area contributed by atoms with E-state index < -0.39 is 0 Å². The Kier molecular flexibility index (Phi) is 5.29. The number of ether oxygens (including phenoxy) is 2. The lowest BCUT2D eigenvalue weighted by Crippen LogP contribution is -2.62. The van der Waals surface area contributed by atoms with E-state index in [2.05, 4.69) is 4.98 Å². The van der Waals surface area contributed by atoms with Gasteiger partial charge in [-0.3, -0.25) is 9.78 Å². The molecule has 1 aromatic heterocycles. The maximum absolute atomic E-state index is 12.5. The van der Waals surface area contributed by atoms with Gasteiger partial charge in [0, 0.05) is 37.7 Å². The Balaban J connectivity index is 1.54. The zero-order valence-electron chi connectivity index (χ0n) is 15.3. The minimum Gasteiger partial charge on any atom is -0.482 e. The minimum atomic E-state index is -0.309. The van der Waals surface area contributed by atoms with Crippen molar-refractivity contribution in [2.24, 2.45) is 5.41 Å². The number of methoxy groups -OCH3 is 1. The summed E-state index contributed by atoms with van der Waals surface area (Å²) in [6, 6.07) is 3.78. The van der Waals surface area contributed by atoms with E-state index in [1.807, 2.05) is 30.9 Å². The number of piperidine rings is 1. The lowest BCUT2D eigenvalue weighted by atomic mass is 9.58. The van der Waals surface area contributed by atoms with Crippen LogP contribution in [0.2, 0.25) is 0 Å². The van der Waals surface area contributed by atoms with Crippen LogP contribution >= 0.6 is 0 Å². The molecule has 25 heavy (non-hydrogen) atoms. The van der Waals surface area contributed by atoms with Crippen molar-refractivity contribution >= 4 is 5.91 Å². The predicted molar refractivity (Wildman–Crippen MR) is 93.5 cm³/mol. The van der Waals surface area contributed by atoms with Gasteiger partial charge in [-0.1, -0.05) is 6.92 Å². The molecule has 2 atom stereocenters. The first kappa shape index (κ1) is 18.1. The molecule has 0 aromatic carbocycles. The molecular weight excluding hydrogens is 320 g/mol. The first-order valence-corrected chi connectivity index (χ1v) is 9.08. The molecule has 6 nitrogen and oxygen atoms in total. The van der Waals surface area contributed by atoms with Gasteiger partial charge in [0.05, 0.1) is 17.9 Å². The standard InChI is InChI=1S/C19H28N2O4/c1-4-14-15(6-5-13(2)20-14)25-12-18(23)21-9-7-19(8-10-21)16(22)11-17(19)24-3/h5-6,16-17,22H,4,7-12H2,1-3H3/t16-,17+/m0/s1. The van der Waals surface area contributed by atoms with Crippen LogP contribution in [0.4, 0.5) is 0 Å². The lowest BCUT2D eigenvalue weighted by molar-refractivity contribution is -0.202. The number of pyridine rings is 1. The van der Waals surface area contributed by atoms with Crippen LogP contribution in [0.5, 0.6) is 5.75 Å². The van der Waals surface area contributed by atoms with E-state index in [1.165, 1.54) is 0 Å². The number of amides is 1. The number of aliphatic hydroxyl groups excluding tert-OH is 1. The SMILES string of the molecule is CCc1nc(C)ccc1OCC(=O)N1CCC2(CC1)[C@@H](O)C[C@H]2OC. The third-order valence-corrected chi connectivity index (χ3v) is 5.83. The monoisotopic (exact) mass is 348 g/mol. The topological polar surface area (TPSA) is 71.9 Å². The average molecular weight is 348 g/mol. The average Bonchev–Trinajstić information content (AvgIpc) is 2.64. The number of hydrogen-bond donors (Lipinski definition) is 1. The van der Waals surface area contributed by atoms with Crippen LogP contribution in [0.1, 0.15) is 37.6 Å². The molecule has 2 heterocycles. The van der Waals surface area contributed by atoms with Crippen LogP contribution < -0.4 is 4.74 Å². The largest absolute Gasteiger partial charge is 0.482 e. The highest BCUT2D eigenvalue weighted by atomic mass is 16.5. The molecule has 0 bridgehead atoms. The van der Waals surface area contributed by atoms with Crippen LogP contribution in [0.25, 0.3) is 0 Å². The maximum Gasteiger partial charge on any atom is 0.260 e. The fraction of sp³-hybridized carbons (Fsp3) is 0.684. The second kappa shape index (κ2) is 7.30. The number of rotatable bonds is 5. The fourth-order valence-electron chi connectivity index (χ4n) is 4.10. The van der Waals surface area contributed by atoms with E-state index in [4.69, 9.17) is 9.47 Å². The molecule has 3 rings (SSSR count). The number of carbonyl (C=O) groups excluding carboxylic acids is 1. The second-order valence-electron chi connectivity index (χ2n) is 7.13. The van der Waals surface area contributed by atoms with E-state index in [9.17, 15) is 9.90 Å². The van der Waals surface area contributed by atoms with Crippen molar-refractivity contribution in [1.29, 1.82) is 0 Å². The van der Waals surface area contributed by atoms with E-state index in [-0.39, 0.29) is 30.1 Å². The molecule has 2 fully saturated rings. The van der Waals surface area contributed by atoms with Gasteiger partial charge in [-0.2, -0.15) is 0 Å².